The van der Waals surface area contributed by atoms with E-state index in [1.54, 1.807) is 70.4 Å². The van der Waals surface area contributed by atoms with Crippen molar-refractivity contribution in [2.75, 3.05) is 47.6 Å². The minimum atomic E-state index is -0.249. The van der Waals surface area contributed by atoms with E-state index in [4.69, 9.17) is 28.7 Å². The maximum atomic E-state index is 13.2. The number of carbonyl (C=O) groups is 6. The lowest BCUT2D eigenvalue weighted by molar-refractivity contribution is -0.193. The van der Waals surface area contributed by atoms with Crippen LogP contribution >= 0.6 is 22.7 Å². The lowest BCUT2D eigenvalue weighted by Crippen LogP contribution is -2.43. The summed E-state index contributed by atoms with van der Waals surface area (Å²) in [6, 6.07) is 27.4. The van der Waals surface area contributed by atoms with Crippen LogP contribution in [0.15, 0.2) is 102 Å². The Kier molecular flexibility index (Phi) is 22.3. The predicted molar refractivity (Wildman–Crippen MR) is 353 cm³/mol. The van der Waals surface area contributed by atoms with Gasteiger partial charge in [-0.3, -0.25) is 33.8 Å². The van der Waals surface area contributed by atoms with Crippen LogP contribution in [0.25, 0.3) is 20.2 Å². The molecule has 2 saturated heterocycles. The molecule has 2 atom stereocenters. The van der Waals surface area contributed by atoms with Gasteiger partial charge in [-0.2, -0.15) is 19.2 Å². The Balaban J connectivity index is 0.000000200. The average molecular weight is 1280 g/mol. The molecule has 6 amide bonds. The Morgan fingerprint density at radius 3 is 1.60 bits per heavy atom. The van der Waals surface area contributed by atoms with Crippen LogP contribution in [-0.4, -0.2) is 111 Å². The summed E-state index contributed by atoms with van der Waals surface area (Å²) in [7, 11) is 3.56. The Morgan fingerprint density at radius 1 is 0.565 bits per heavy atom. The van der Waals surface area contributed by atoms with E-state index in [0.717, 1.165) is 108 Å². The highest BCUT2D eigenvalue weighted by Gasteiger charge is 2.33. The summed E-state index contributed by atoms with van der Waals surface area (Å²) in [5.74, 6) is 0.831. The van der Waals surface area contributed by atoms with E-state index in [9.17, 15) is 28.8 Å². The first-order valence-electron chi connectivity index (χ1n) is 30.6. The van der Waals surface area contributed by atoms with E-state index in [0.29, 0.717) is 71.9 Å². The molecule has 0 unspecified atom stereocenters. The van der Waals surface area contributed by atoms with Crippen molar-refractivity contribution in [2.24, 2.45) is 19.1 Å². The molecule has 4 aliphatic heterocycles. The van der Waals surface area contributed by atoms with Gasteiger partial charge in [0.1, 0.15) is 22.9 Å². The van der Waals surface area contributed by atoms with E-state index in [2.05, 4.69) is 57.1 Å². The number of anilines is 4. The highest BCUT2D eigenvalue weighted by Crippen LogP contribution is 2.36. The fourth-order valence-corrected chi connectivity index (χ4v) is 13.8. The van der Waals surface area contributed by atoms with Crippen LogP contribution in [0, 0.1) is 27.7 Å². The van der Waals surface area contributed by atoms with Crippen molar-refractivity contribution in [3.8, 4) is 11.5 Å². The van der Waals surface area contributed by atoms with Crippen molar-refractivity contribution in [3.05, 3.63) is 146 Å². The standard InChI is InChI=1S/C34H38N4O4S.C33H35N5O4S.2CO2/c1-21-15-28-23(9-11-27-7-4-5-13-38(27)34(28)41)18-30(21)42-14-6-8-32(39)35-26-19-29(37(3)20-26)33(40)36-25-10-12-31-24(17-25)16-22(2)43-31;1-20-13-26-27(34-18-25-7-4-5-11-38(25)33(26)41)17-29(20)42-12-6-8-31(39)35-24-16-28(37(3)19-24)32(40)36-23-9-10-30-22(15-23)14-21(2)43-30;2*2-1-3/h10,12,15-20,27H,4-9,11,13-14H2,1-3H3,(H,35,39)(H,36,40);9-10,13-19,25H,4-8,11-12H2,1-3H3,(H,35,39)(H,36,40);;/t27-;25-;;/m00../s1. The summed E-state index contributed by atoms with van der Waals surface area (Å²) in [6.07, 6.45) is 15.7. The minimum Gasteiger partial charge on any atom is -0.493 e. The molecule has 4 N–H and O–H groups in total. The molecule has 4 aliphatic rings. The number of aromatic nitrogens is 2. The third-order valence-corrected chi connectivity index (χ3v) is 18.5. The van der Waals surface area contributed by atoms with E-state index in [1.807, 2.05) is 85.6 Å². The first-order valence-corrected chi connectivity index (χ1v) is 32.2. The van der Waals surface area contributed by atoms with Gasteiger partial charge in [0.2, 0.25) is 11.8 Å². The molecule has 12 rings (SSSR count). The fraction of sp³-hybridized carbons (Fsp3) is 0.348. The van der Waals surface area contributed by atoms with Gasteiger partial charge >= 0.3 is 12.3 Å². The number of fused-ring (bicyclic) bond motifs is 6. The number of hydrogen-bond acceptors (Lipinski definition) is 15. The smallest absolute Gasteiger partial charge is 0.373 e. The largest absolute Gasteiger partial charge is 0.493 e. The predicted octanol–water partition coefficient (Wildman–Crippen LogP) is 12.3. The number of aryl methyl sites for hydroxylation is 7. The zero-order valence-electron chi connectivity index (χ0n) is 52.2. The van der Waals surface area contributed by atoms with Crippen molar-refractivity contribution in [2.45, 2.75) is 117 Å². The van der Waals surface area contributed by atoms with Crippen molar-refractivity contribution in [1.29, 1.82) is 0 Å². The molecule has 0 bridgehead atoms. The quantitative estimate of drug-likeness (QED) is 0.0658. The molecule has 21 nitrogen and oxygen atoms in total. The maximum Gasteiger partial charge on any atom is 0.373 e. The van der Waals surface area contributed by atoms with Gasteiger partial charge in [0.05, 0.1) is 41.9 Å². The molecule has 4 aromatic heterocycles. The highest BCUT2D eigenvalue weighted by molar-refractivity contribution is 7.19. The molecule has 2 fully saturated rings. The second-order valence-electron chi connectivity index (χ2n) is 23.2. The normalized spacial score (nSPS) is 15.3. The number of aliphatic imine (C=N–C) groups is 1. The second kappa shape index (κ2) is 30.8. The van der Waals surface area contributed by atoms with Gasteiger partial charge < -0.3 is 49.7 Å². The zero-order chi connectivity index (χ0) is 65.6. The van der Waals surface area contributed by atoms with E-state index in [-0.39, 0.29) is 66.6 Å². The van der Waals surface area contributed by atoms with Crippen LogP contribution in [0.5, 0.6) is 11.5 Å². The molecule has 8 aromatic rings. The first kappa shape index (κ1) is 66.6. The van der Waals surface area contributed by atoms with Gasteiger partial charge in [0.15, 0.2) is 0 Å². The number of nitrogens with one attached hydrogen (secondary N) is 4. The number of carbonyl (C=O) groups excluding carboxylic acids is 10. The van der Waals surface area contributed by atoms with Gasteiger partial charge in [0, 0.05) is 107 Å². The third kappa shape index (κ3) is 16.6. The molecule has 478 valence electrons. The second-order valence-corrected chi connectivity index (χ2v) is 25.8. The van der Waals surface area contributed by atoms with Crippen molar-refractivity contribution >= 4 is 125 Å². The topological polar surface area (TPSA) is 266 Å². The number of piperidine rings is 2. The summed E-state index contributed by atoms with van der Waals surface area (Å²) < 4.78 is 17.8. The van der Waals surface area contributed by atoms with Crippen LogP contribution in [0.1, 0.15) is 139 Å². The Morgan fingerprint density at radius 2 is 1.05 bits per heavy atom. The van der Waals surface area contributed by atoms with Gasteiger partial charge in [-0.05, 0) is 198 Å². The van der Waals surface area contributed by atoms with Crippen molar-refractivity contribution < 1.29 is 57.4 Å². The number of nitrogens with zero attached hydrogens (tertiary/aromatic N) is 5. The number of thiophene rings is 2. The minimum absolute atomic E-state index is 0.0278. The number of hydrogen-bond donors (Lipinski definition) is 4. The van der Waals surface area contributed by atoms with Gasteiger partial charge in [0.25, 0.3) is 23.6 Å². The summed E-state index contributed by atoms with van der Waals surface area (Å²) >= 11 is 3.45. The number of amides is 6. The number of ether oxygens (including phenoxy) is 2. The molecule has 0 saturated carbocycles. The molecule has 4 aromatic carbocycles. The van der Waals surface area contributed by atoms with Gasteiger partial charge in [-0.1, -0.05) is 0 Å². The Bertz CT molecular complexity index is 4170. The molecular formula is C69H73N9O12S2. The summed E-state index contributed by atoms with van der Waals surface area (Å²) in [6.45, 7) is 10.4. The van der Waals surface area contributed by atoms with E-state index >= 15 is 0 Å². The number of benzene rings is 4. The Labute approximate surface area is 540 Å². The fourth-order valence-electron chi connectivity index (χ4n) is 12.0. The molecule has 0 spiro atoms. The van der Waals surface area contributed by atoms with E-state index in [1.165, 1.54) is 25.6 Å². The van der Waals surface area contributed by atoms with Crippen molar-refractivity contribution in [3.63, 3.8) is 0 Å². The Hall–Kier alpha value is -9.79. The summed E-state index contributed by atoms with van der Waals surface area (Å²) in [5.41, 5.74) is 8.39. The molecular weight excluding hydrogens is 1210 g/mol. The average Bonchev–Trinajstić information content (AvgIpc) is 1.61. The SMILES string of the molecule is Cc1cc2cc(NC(=O)c3cc(NC(=O)CCCOc4cc5c(cc4C)C(=O)N4CCCC[C@H]4C=N5)cn3C)ccc2s1.Cc1cc2cc(NC(=O)c3cc(NC(=O)CCCOc4cc5c(cc4C)C(=O)N4CCCC[C@H]4CC5)cn3C)ccc2s1.O=C=O.O=C=O. The van der Waals surface area contributed by atoms with Gasteiger partial charge in [-0.25, -0.2) is 0 Å². The highest BCUT2D eigenvalue weighted by atomic mass is 32.1. The van der Waals surface area contributed by atoms with Crippen LogP contribution < -0.4 is 30.7 Å². The molecule has 0 radical (unpaired) electrons. The summed E-state index contributed by atoms with van der Waals surface area (Å²) in [5, 5.41) is 13.9. The molecule has 23 heteroatoms. The monoisotopic (exact) mass is 1280 g/mol. The van der Waals surface area contributed by atoms with Crippen LogP contribution in [0.4, 0.5) is 28.4 Å². The van der Waals surface area contributed by atoms with E-state index < -0.39 is 0 Å². The first-order chi connectivity index (χ1) is 44.3. The molecule has 92 heavy (non-hydrogen) atoms. The van der Waals surface area contributed by atoms with Crippen molar-refractivity contribution in [1.82, 2.24) is 18.9 Å². The summed E-state index contributed by atoms with van der Waals surface area (Å²) in [4.78, 5) is 121. The number of rotatable bonds is 16. The maximum absolute atomic E-state index is 13.2. The molecule has 8 heterocycles. The van der Waals surface area contributed by atoms with Crippen LogP contribution in [-0.2, 0) is 49.3 Å². The van der Waals surface area contributed by atoms with Crippen LogP contribution in [0.3, 0.4) is 0 Å². The lowest BCUT2D eigenvalue weighted by Gasteiger charge is -2.34. The van der Waals surface area contributed by atoms with Gasteiger partial charge in [-0.15, -0.1) is 22.7 Å². The third-order valence-electron chi connectivity index (χ3n) is 16.4. The molecule has 0 aliphatic carbocycles. The zero-order valence-corrected chi connectivity index (χ0v) is 53.9. The lowest BCUT2D eigenvalue weighted by atomic mass is 9.97. The van der Waals surface area contributed by atoms with Crippen LogP contribution in [0.2, 0.25) is 0 Å².